The summed E-state index contributed by atoms with van der Waals surface area (Å²) in [5.41, 5.74) is 5.27. The van der Waals surface area contributed by atoms with Crippen LogP contribution in [0, 0.1) is 20.8 Å². The average molecular weight is 383 g/mol. The fourth-order valence-electron chi connectivity index (χ4n) is 3.93. The Morgan fingerprint density at radius 2 is 1.96 bits per heavy atom. The van der Waals surface area contributed by atoms with E-state index in [1.807, 2.05) is 31.3 Å². The van der Waals surface area contributed by atoms with E-state index < -0.39 is 0 Å². The molecule has 4 nitrogen and oxygen atoms in total. The predicted molar refractivity (Wildman–Crippen MR) is 110 cm³/mol. The number of amides is 1. The molecule has 0 spiro atoms. The first kappa shape index (κ1) is 18.2. The Kier molecular flexibility index (Phi) is 5.04. The Hall–Kier alpha value is -2.14. The second kappa shape index (κ2) is 7.47. The maximum absolute atomic E-state index is 12.6. The monoisotopic (exact) mass is 382 g/mol. The Balaban J connectivity index is 1.38. The number of hydrogen-bond acceptors (Lipinski definition) is 4. The van der Waals surface area contributed by atoms with Crippen LogP contribution in [0.3, 0.4) is 0 Å². The molecule has 1 aromatic carbocycles. The van der Waals surface area contributed by atoms with E-state index in [-0.39, 0.29) is 5.91 Å². The lowest BCUT2D eigenvalue weighted by Crippen LogP contribution is -2.24. The maximum Gasteiger partial charge on any atom is 0.287 e. The van der Waals surface area contributed by atoms with Crippen LogP contribution in [0.1, 0.15) is 62.1 Å². The van der Waals surface area contributed by atoms with Gasteiger partial charge in [-0.3, -0.25) is 4.79 Å². The number of rotatable bonds is 5. The molecular formula is C22H26N2O2S. The number of carbonyl (C=O) groups is 1. The molecule has 2 heterocycles. The lowest BCUT2D eigenvalue weighted by Gasteiger charge is -2.06. The van der Waals surface area contributed by atoms with Crippen molar-refractivity contribution < 1.29 is 9.21 Å². The molecule has 0 saturated heterocycles. The number of thiazole rings is 1. The molecule has 2 aromatic heterocycles. The highest BCUT2D eigenvalue weighted by atomic mass is 32.1. The molecule has 0 saturated carbocycles. The van der Waals surface area contributed by atoms with Crippen LogP contribution in [0.5, 0.6) is 0 Å². The highest BCUT2D eigenvalue weighted by molar-refractivity contribution is 7.11. The van der Waals surface area contributed by atoms with Crippen LogP contribution in [-0.4, -0.2) is 17.4 Å². The van der Waals surface area contributed by atoms with Gasteiger partial charge < -0.3 is 9.73 Å². The molecule has 1 aliphatic rings. The van der Waals surface area contributed by atoms with Gasteiger partial charge in [-0.15, -0.1) is 11.3 Å². The molecule has 1 amide bonds. The normalized spacial score (nSPS) is 13.7. The zero-order valence-corrected chi connectivity index (χ0v) is 17.1. The highest BCUT2D eigenvalue weighted by Gasteiger charge is 2.20. The third kappa shape index (κ3) is 3.53. The lowest BCUT2D eigenvalue weighted by molar-refractivity contribution is 0.0927. The van der Waals surface area contributed by atoms with Gasteiger partial charge in [0.05, 0.1) is 10.7 Å². The summed E-state index contributed by atoms with van der Waals surface area (Å²) in [6.07, 6.45) is 6.70. The number of benzene rings is 1. The van der Waals surface area contributed by atoms with Gasteiger partial charge in [-0.05, 0) is 64.0 Å². The largest absolute Gasteiger partial charge is 0.450 e. The number of nitrogens with one attached hydrogen (secondary N) is 1. The fraction of sp³-hybridized carbons (Fsp3) is 0.455. The SMILES string of the molecule is Cc1ccc(C)c2c(C)c(C(=O)NCCCc3nc4c(s3)CCCC4)oc12. The first-order chi connectivity index (χ1) is 13.0. The summed E-state index contributed by atoms with van der Waals surface area (Å²) in [5.74, 6) is 0.313. The van der Waals surface area contributed by atoms with Crippen molar-refractivity contribution in [3.05, 3.63) is 50.2 Å². The number of carbonyl (C=O) groups excluding carboxylic acids is 1. The van der Waals surface area contributed by atoms with Crippen molar-refractivity contribution in [2.24, 2.45) is 0 Å². The number of nitrogens with zero attached hydrogens (tertiary/aromatic N) is 1. The van der Waals surface area contributed by atoms with E-state index in [0.717, 1.165) is 46.9 Å². The molecule has 0 fully saturated rings. The first-order valence-corrected chi connectivity index (χ1v) is 10.6. The van der Waals surface area contributed by atoms with Crippen LogP contribution in [-0.2, 0) is 19.3 Å². The number of furan rings is 1. The minimum Gasteiger partial charge on any atom is -0.450 e. The standard InChI is InChI=1S/C22H26N2O2S/c1-13-10-11-14(2)20-19(13)15(3)21(26-20)22(25)23-12-6-9-18-24-16-7-4-5-8-17(16)27-18/h10-11H,4-9,12H2,1-3H3,(H,23,25). The summed E-state index contributed by atoms with van der Waals surface area (Å²) in [4.78, 5) is 18.9. The summed E-state index contributed by atoms with van der Waals surface area (Å²) in [6.45, 7) is 6.67. The first-order valence-electron chi connectivity index (χ1n) is 9.79. The zero-order chi connectivity index (χ0) is 19.0. The smallest absolute Gasteiger partial charge is 0.287 e. The zero-order valence-electron chi connectivity index (χ0n) is 16.3. The van der Waals surface area contributed by atoms with Gasteiger partial charge in [0.25, 0.3) is 5.91 Å². The Bertz CT molecular complexity index is 976. The molecule has 0 bridgehead atoms. The van der Waals surface area contributed by atoms with E-state index in [0.29, 0.717) is 12.3 Å². The molecule has 27 heavy (non-hydrogen) atoms. The van der Waals surface area contributed by atoms with E-state index in [1.54, 1.807) is 0 Å². The molecule has 0 radical (unpaired) electrons. The average Bonchev–Trinajstić information content (AvgIpc) is 3.23. The predicted octanol–water partition coefficient (Wildman–Crippen LogP) is 5.06. The molecule has 1 N–H and O–H groups in total. The van der Waals surface area contributed by atoms with Gasteiger partial charge in [-0.1, -0.05) is 12.1 Å². The maximum atomic E-state index is 12.6. The minimum atomic E-state index is -0.124. The second-order valence-electron chi connectivity index (χ2n) is 7.50. The van der Waals surface area contributed by atoms with Gasteiger partial charge >= 0.3 is 0 Å². The van der Waals surface area contributed by atoms with Crippen molar-refractivity contribution in [3.63, 3.8) is 0 Å². The van der Waals surface area contributed by atoms with E-state index in [4.69, 9.17) is 9.40 Å². The molecular weight excluding hydrogens is 356 g/mol. The van der Waals surface area contributed by atoms with Gasteiger partial charge in [0, 0.05) is 28.8 Å². The molecule has 0 atom stereocenters. The van der Waals surface area contributed by atoms with E-state index in [2.05, 4.69) is 18.3 Å². The third-order valence-corrected chi connectivity index (χ3v) is 6.65. The summed E-state index contributed by atoms with van der Waals surface area (Å²) >= 11 is 1.86. The van der Waals surface area contributed by atoms with E-state index >= 15 is 0 Å². The summed E-state index contributed by atoms with van der Waals surface area (Å²) < 4.78 is 5.92. The molecule has 4 rings (SSSR count). The van der Waals surface area contributed by atoms with Crippen LogP contribution in [0.25, 0.3) is 11.0 Å². The third-order valence-electron chi connectivity index (χ3n) is 5.43. The molecule has 0 unspecified atom stereocenters. The van der Waals surface area contributed by atoms with Crippen molar-refractivity contribution >= 4 is 28.2 Å². The van der Waals surface area contributed by atoms with Crippen LogP contribution >= 0.6 is 11.3 Å². The number of hydrogen-bond donors (Lipinski definition) is 1. The summed E-state index contributed by atoms with van der Waals surface area (Å²) in [7, 11) is 0. The van der Waals surface area contributed by atoms with Crippen molar-refractivity contribution in [2.75, 3.05) is 6.54 Å². The van der Waals surface area contributed by atoms with Gasteiger partial charge in [-0.25, -0.2) is 4.98 Å². The van der Waals surface area contributed by atoms with Crippen molar-refractivity contribution in [1.29, 1.82) is 0 Å². The van der Waals surface area contributed by atoms with Crippen LogP contribution in [0.15, 0.2) is 16.5 Å². The van der Waals surface area contributed by atoms with Crippen molar-refractivity contribution in [1.82, 2.24) is 10.3 Å². The topological polar surface area (TPSA) is 55.1 Å². The molecule has 1 aliphatic carbocycles. The Labute approximate surface area is 164 Å². The number of aryl methyl sites for hydroxylation is 6. The fourth-order valence-corrected chi connectivity index (χ4v) is 5.12. The molecule has 5 heteroatoms. The highest BCUT2D eigenvalue weighted by Crippen LogP contribution is 2.30. The quantitative estimate of drug-likeness (QED) is 0.628. The number of aromatic nitrogens is 1. The Morgan fingerprint density at radius 1 is 1.19 bits per heavy atom. The van der Waals surface area contributed by atoms with Gasteiger partial charge in [-0.2, -0.15) is 0 Å². The van der Waals surface area contributed by atoms with Crippen LogP contribution < -0.4 is 5.32 Å². The van der Waals surface area contributed by atoms with E-state index in [9.17, 15) is 4.79 Å². The summed E-state index contributed by atoms with van der Waals surface area (Å²) in [6, 6.07) is 4.12. The lowest BCUT2D eigenvalue weighted by atomic mass is 10.0. The van der Waals surface area contributed by atoms with Gasteiger partial charge in [0.1, 0.15) is 5.58 Å². The van der Waals surface area contributed by atoms with Crippen LogP contribution in [0.2, 0.25) is 0 Å². The van der Waals surface area contributed by atoms with Crippen molar-refractivity contribution in [3.8, 4) is 0 Å². The van der Waals surface area contributed by atoms with Crippen LogP contribution in [0.4, 0.5) is 0 Å². The van der Waals surface area contributed by atoms with Crippen molar-refractivity contribution in [2.45, 2.75) is 59.3 Å². The second-order valence-corrected chi connectivity index (χ2v) is 8.67. The van der Waals surface area contributed by atoms with Gasteiger partial charge in [0.2, 0.25) is 0 Å². The Morgan fingerprint density at radius 3 is 2.74 bits per heavy atom. The van der Waals surface area contributed by atoms with E-state index in [1.165, 1.54) is 34.8 Å². The number of fused-ring (bicyclic) bond motifs is 2. The molecule has 3 aromatic rings. The molecule has 142 valence electrons. The van der Waals surface area contributed by atoms with Gasteiger partial charge in [0.15, 0.2) is 5.76 Å². The minimum absolute atomic E-state index is 0.124. The summed E-state index contributed by atoms with van der Waals surface area (Å²) in [5, 5.41) is 5.29. The molecule has 0 aliphatic heterocycles.